The van der Waals surface area contributed by atoms with Gasteiger partial charge in [0.25, 0.3) is 0 Å². The molecule has 0 aliphatic carbocycles. The van der Waals surface area contributed by atoms with Gasteiger partial charge in [0.2, 0.25) is 6.20 Å². The number of methoxy groups -OCH3 is 1. The van der Waals surface area contributed by atoms with E-state index in [9.17, 15) is 10.1 Å². The van der Waals surface area contributed by atoms with E-state index in [1.54, 1.807) is 13.2 Å². The number of nitrogens with zero attached hydrogens (tertiary/aromatic N) is 1. The van der Waals surface area contributed by atoms with E-state index in [1.165, 1.54) is 6.08 Å². The van der Waals surface area contributed by atoms with Crippen molar-refractivity contribution in [2.75, 3.05) is 7.11 Å². The van der Waals surface area contributed by atoms with Crippen LogP contribution in [0.25, 0.3) is 6.08 Å². The minimum Gasteiger partial charge on any atom is -0.380 e. The van der Waals surface area contributed by atoms with Crippen LogP contribution in [0, 0.1) is 10.1 Å². The molecule has 0 amide bonds. The van der Waals surface area contributed by atoms with Gasteiger partial charge in [0.05, 0.1) is 11.5 Å². The Bertz CT molecular complexity index is 347. The first-order valence-corrected chi connectivity index (χ1v) is 4.12. The first-order valence-electron chi connectivity index (χ1n) is 4.12. The van der Waals surface area contributed by atoms with Crippen LogP contribution in [0.5, 0.6) is 0 Å². The Morgan fingerprint density at radius 1 is 1.57 bits per heavy atom. The molecular weight excluding hydrogens is 182 g/mol. The van der Waals surface area contributed by atoms with Crippen molar-refractivity contribution in [3.63, 3.8) is 0 Å². The van der Waals surface area contributed by atoms with Gasteiger partial charge in [-0.3, -0.25) is 10.1 Å². The molecule has 4 nitrogen and oxygen atoms in total. The molecular formula is C10H11NO3. The van der Waals surface area contributed by atoms with Crippen LogP contribution in [0.15, 0.2) is 30.5 Å². The van der Waals surface area contributed by atoms with Crippen LogP contribution in [0.1, 0.15) is 11.1 Å². The first kappa shape index (κ1) is 10.4. The number of nitro groups is 1. The average Bonchev–Trinajstić information content (AvgIpc) is 2.16. The quantitative estimate of drug-likeness (QED) is 0.543. The van der Waals surface area contributed by atoms with Gasteiger partial charge in [-0.15, -0.1) is 0 Å². The van der Waals surface area contributed by atoms with E-state index < -0.39 is 4.92 Å². The number of benzene rings is 1. The summed E-state index contributed by atoms with van der Waals surface area (Å²) in [6.07, 6.45) is 2.38. The van der Waals surface area contributed by atoms with E-state index in [0.717, 1.165) is 17.3 Å². The van der Waals surface area contributed by atoms with Crippen LogP contribution < -0.4 is 0 Å². The predicted molar refractivity (Wildman–Crippen MR) is 53.2 cm³/mol. The molecule has 0 aromatic heterocycles. The first-order chi connectivity index (χ1) is 6.72. The van der Waals surface area contributed by atoms with E-state index in [1.807, 2.05) is 18.2 Å². The Hall–Kier alpha value is -1.68. The molecule has 0 saturated carbocycles. The lowest BCUT2D eigenvalue weighted by Gasteiger charge is -1.99. The van der Waals surface area contributed by atoms with Gasteiger partial charge in [-0.25, -0.2) is 0 Å². The fourth-order valence-corrected chi connectivity index (χ4v) is 1.10. The van der Waals surface area contributed by atoms with Crippen molar-refractivity contribution < 1.29 is 9.66 Å². The molecule has 74 valence electrons. The van der Waals surface area contributed by atoms with E-state index >= 15 is 0 Å². The highest BCUT2D eigenvalue weighted by molar-refractivity contribution is 5.48. The number of hydrogen-bond acceptors (Lipinski definition) is 3. The molecule has 0 fully saturated rings. The van der Waals surface area contributed by atoms with Crippen molar-refractivity contribution in [3.05, 3.63) is 51.7 Å². The van der Waals surface area contributed by atoms with Gasteiger partial charge in [0.1, 0.15) is 0 Å². The molecule has 0 N–H and O–H groups in total. The highest BCUT2D eigenvalue weighted by atomic mass is 16.6. The van der Waals surface area contributed by atoms with E-state index in [-0.39, 0.29) is 0 Å². The van der Waals surface area contributed by atoms with Gasteiger partial charge < -0.3 is 4.74 Å². The maximum absolute atomic E-state index is 10.1. The van der Waals surface area contributed by atoms with Crippen molar-refractivity contribution in [1.82, 2.24) is 0 Å². The Morgan fingerprint density at radius 3 is 3.00 bits per heavy atom. The lowest BCUT2D eigenvalue weighted by Crippen LogP contribution is -1.88. The fraction of sp³-hybridized carbons (Fsp3) is 0.200. The third kappa shape index (κ3) is 3.37. The van der Waals surface area contributed by atoms with Crippen LogP contribution in [0.4, 0.5) is 0 Å². The summed E-state index contributed by atoms with van der Waals surface area (Å²) in [5.74, 6) is 0. The Kier molecular flexibility index (Phi) is 3.82. The summed E-state index contributed by atoms with van der Waals surface area (Å²) in [7, 11) is 1.61. The second-order valence-corrected chi connectivity index (χ2v) is 2.78. The highest BCUT2D eigenvalue weighted by Crippen LogP contribution is 2.07. The third-order valence-corrected chi connectivity index (χ3v) is 1.65. The maximum atomic E-state index is 10.1. The Labute approximate surface area is 82.0 Å². The maximum Gasteiger partial charge on any atom is 0.235 e. The highest BCUT2D eigenvalue weighted by Gasteiger charge is 1.94. The molecule has 0 bridgehead atoms. The zero-order chi connectivity index (χ0) is 10.4. The van der Waals surface area contributed by atoms with Crippen LogP contribution in [0.2, 0.25) is 0 Å². The monoisotopic (exact) mass is 193 g/mol. The second-order valence-electron chi connectivity index (χ2n) is 2.78. The molecule has 0 unspecified atom stereocenters. The molecule has 0 spiro atoms. The number of ether oxygens (including phenoxy) is 1. The summed E-state index contributed by atoms with van der Waals surface area (Å²) in [5.41, 5.74) is 1.80. The summed E-state index contributed by atoms with van der Waals surface area (Å²) in [5, 5.41) is 10.1. The average molecular weight is 193 g/mol. The molecule has 0 radical (unpaired) electrons. The van der Waals surface area contributed by atoms with Crippen molar-refractivity contribution >= 4 is 6.08 Å². The lowest BCUT2D eigenvalue weighted by atomic mass is 10.1. The molecule has 0 atom stereocenters. The van der Waals surface area contributed by atoms with Crippen LogP contribution in [0.3, 0.4) is 0 Å². The number of rotatable bonds is 4. The number of hydrogen-bond donors (Lipinski definition) is 0. The van der Waals surface area contributed by atoms with Gasteiger partial charge in [0.15, 0.2) is 0 Å². The van der Waals surface area contributed by atoms with E-state index in [4.69, 9.17) is 4.74 Å². The van der Waals surface area contributed by atoms with Crippen molar-refractivity contribution in [2.24, 2.45) is 0 Å². The van der Waals surface area contributed by atoms with Gasteiger partial charge in [-0.05, 0) is 17.2 Å². The molecule has 1 aromatic carbocycles. The molecule has 4 heteroatoms. The SMILES string of the molecule is COCc1cccc(/C=C/[N+](=O)[O-])c1. The van der Waals surface area contributed by atoms with Crippen LogP contribution in [-0.4, -0.2) is 12.0 Å². The topological polar surface area (TPSA) is 52.4 Å². The zero-order valence-corrected chi connectivity index (χ0v) is 7.84. The summed E-state index contributed by atoms with van der Waals surface area (Å²) >= 11 is 0. The smallest absolute Gasteiger partial charge is 0.235 e. The Balaban J connectivity index is 2.77. The van der Waals surface area contributed by atoms with Gasteiger partial charge in [0, 0.05) is 13.2 Å². The largest absolute Gasteiger partial charge is 0.380 e. The van der Waals surface area contributed by atoms with Crippen LogP contribution >= 0.6 is 0 Å². The second kappa shape index (κ2) is 5.14. The lowest BCUT2D eigenvalue weighted by molar-refractivity contribution is -0.400. The predicted octanol–water partition coefficient (Wildman–Crippen LogP) is 2.08. The van der Waals surface area contributed by atoms with Gasteiger partial charge >= 0.3 is 0 Å². The molecule has 0 aliphatic heterocycles. The molecule has 1 rings (SSSR count). The fourth-order valence-electron chi connectivity index (χ4n) is 1.10. The standard InChI is InChI=1S/C10H11NO3/c1-14-8-10-4-2-3-9(7-10)5-6-11(12)13/h2-7H,8H2,1H3/b6-5+. The van der Waals surface area contributed by atoms with Crippen molar-refractivity contribution in [1.29, 1.82) is 0 Å². The molecule has 0 aliphatic rings. The van der Waals surface area contributed by atoms with Gasteiger partial charge in [-0.1, -0.05) is 18.2 Å². The molecule has 0 heterocycles. The summed E-state index contributed by atoms with van der Waals surface area (Å²) in [6.45, 7) is 0.514. The summed E-state index contributed by atoms with van der Waals surface area (Å²) in [6, 6.07) is 7.41. The van der Waals surface area contributed by atoms with E-state index in [2.05, 4.69) is 0 Å². The van der Waals surface area contributed by atoms with Crippen molar-refractivity contribution in [3.8, 4) is 0 Å². The molecule has 1 aromatic rings. The minimum atomic E-state index is -0.483. The minimum absolute atomic E-state index is 0.483. The third-order valence-electron chi connectivity index (χ3n) is 1.65. The van der Waals surface area contributed by atoms with Gasteiger partial charge in [-0.2, -0.15) is 0 Å². The Morgan fingerprint density at radius 2 is 2.36 bits per heavy atom. The van der Waals surface area contributed by atoms with Crippen molar-refractivity contribution in [2.45, 2.75) is 6.61 Å². The summed E-state index contributed by atoms with van der Waals surface area (Å²) < 4.78 is 4.95. The van der Waals surface area contributed by atoms with E-state index in [0.29, 0.717) is 6.61 Å². The molecule has 14 heavy (non-hydrogen) atoms. The summed E-state index contributed by atoms with van der Waals surface area (Å²) in [4.78, 5) is 9.59. The normalized spacial score (nSPS) is 10.6. The zero-order valence-electron chi connectivity index (χ0n) is 7.84. The molecule has 0 saturated heterocycles. The van der Waals surface area contributed by atoms with Crippen LogP contribution in [-0.2, 0) is 11.3 Å².